The van der Waals surface area contributed by atoms with E-state index >= 15 is 0 Å². The summed E-state index contributed by atoms with van der Waals surface area (Å²) < 4.78 is 18.6. The highest BCUT2D eigenvalue weighted by Gasteiger charge is 2.16. The van der Waals surface area contributed by atoms with Gasteiger partial charge >= 0.3 is 0 Å². The van der Waals surface area contributed by atoms with Crippen molar-refractivity contribution in [2.75, 3.05) is 26.4 Å². The van der Waals surface area contributed by atoms with Gasteiger partial charge < -0.3 is 15.2 Å². The van der Waals surface area contributed by atoms with Gasteiger partial charge in [-0.05, 0) is 37.0 Å². The molecule has 1 aromatic rings. The Balaban J connectivity index is 2.03. The van der Waals surface area contributed by atoms with Gasteiger partial charge in [0.2, 0.25) is 0 Å². The Morgan fingerprint density at radius 3 is 3.10 bits per heavy atom. The third-order valence-electron chi connectivity index (χ3n) is 3.33. The minimum Gasteiger partial charge on any atom is -0.384 e. The van der Waals surface area contributed by atoms with Crippen LogP contribution < -0.4 is 5.32 Å². The number of carbonyl (C=O) groups is 1. The maximum Gasteiger partial charge on any atom is 0.252 e. The van der Waals surface area contributed by atoms with E-state index in [2.05, 4.69) is 17.2 Å². The van der Waals surface area contributed by atoms with Gasteiger partial charge in [0.05, 0.1) is 12.2 Å². The van der Waals surface area contributed by atoms with Crippen LogP contribution in [0.15, 0.2) is 18.2 Å². The lowest BCUT2D eigenvalue weighted by atomic mass is 10.0. The number of carbonyl (C=O) groups excluding carboxylic acids is 1. The highest BCUT2D eigenvalue weighted by molar-refractivity contribution is 5.96. The number of ether oxygens (including phenoxy) is 1. The van der Waals surface area contributed by atoms with E-state index in [0.29, 0.717) is 24.6 Å². The van der Waals surface area contributed by atoms with Crippen molar-refractivity contribution in [3.63, 3.8) is 0 Å². The molecule has 1 amide bonds. The molecule has 0 radical (unpaired) electrons. The zero-order chi connectivity index (χ0) is 15.1. The van der Waals surface area contributed by atoms with Crippen molar-refractivity contribution in [1.82, 2.24) is 5.32 Å². The third-order valence-corrected chi connectivity index (χ3v) is 3.33. The van der Waals surface area contributed by atoms with Gasteiger partial charge in [-0.1, -0.05) is 11.8 Å². The van der Waals surface area contributed by atoms with E-state index in [0.717, 1.165) is 19.4 Å². The molecule has 2 N–H and O–H groups in total. The molecule has 0 aliphatic carbocycles. The number of rotatable bonds is 3. The van der Waals surface area contributed by atoms with Crippen molar-refractivity contribution in [3.05, 3.63) is 35.1 Å². The van der Waals surface area contributed by atoms with Crippen LogP contribution in [-0.2, 0) is 4.74 Å². The summed E-state index contributed by atoms with van der Waals surface area (Å²) in [5.41, 5.74) is 0.593. The Hall–Kier alpha value is -1.90. The van der Waals surface area contributed by atoms with Crippen molar-refractivity contribution in [2.45, 2.75) is 12.8 Å². The molecular weight excluding hydrogens is 273 g/mol. The molecule has 1 aromatic carbocycles. The van der Waals surface area contributed by atoms with E-state index in [4.69, 9.17) is 9.84 Å². The van der Waals surface area contributed by atoms with E-state index in [-0.39, 0.29) is 18.1 Å². The summed E-state index contributed by atoms with van der Waals surface area (Å²) in [6, 6.07) is 3.83. The lowest BCUT2D eigenvalue weighted by molar-refractivity contribution is 0.0536. The topological polar surface area (TPSA) is 58.6 Å². The second-order valence-electron chi connectivity index (χ2n) is 4.94. The number of hydrogen-bond donors (Lipinski definition) is 2. The molecule has 5 heteroatoms. The van der Waals surface area contributed by atoms with Crippen LogP contribution >= 0.6 is 0 Å². The molecule has 1 heterocycles. The van der Waals surface area contributed by atoms with E-state index in [1.54, 1.807) is 0 Å². The van der Waals surface area contributed by atoms with Gasteiger partial charge in [0, 0.05) is 18.7 Å². The average Bonchev–Trinajstić information content (AvgIpc) is 2.51. The second kappa shape index (κ2) is 7.77. The molecule has 21 heavy (non-hydrogen) atoms. The zero-order valence-electron chi connectivity index (χ0n) is 11.7. The van der Waals surface area contributed by atoms with E-state index in [9.17, 15) is 9.18 Å². The Kier molecular flexibility index (Phi) is 5.73. The van der Waals surface area contributed by atoms with Crippen LogP contribution in [0.3, 0.4) is 0 Å². The second-order valence-corrected chi connectivity index (χ2v) is 4.94. The van der Waals surface area contributed by atoms with Crippen LogP contribution in [0.5, 0.6) is 0 Å². The van der Waals surface area contributed by atoms with E-state index in [1.807, 2.05) is 0 Å². The lowest BCUT2D eigenvalue weighted by Crippen LogP contribution is -2.33. The number of amides is 1. The van der Waals surface area contributed by atoms with Crippen molar-refractivity contribution in [1.29, 1.82) is 0 Å². The number of halogens is 1. The predicted octanol–water partition coefficient (Wildman–Crippen LogP) is 1.33. The first-order chi connectivity index (χ1) is 10.2. The summed E-state index contributed by atoms with van der Waals surface area (Å²) >= 11 is 0. The molecule has 112 valence electrons. The third kappa shape index (κ3) is 4.55. The van der Waals surface area contributed by atoms with Gasteiger partial charge in [-0.25, -0.2) is 4.39 Å². The molecule has 1 atom stereocenters. The monoisotopic (exact) mass is 291 g/mol. The first kappa shape index (κ1) is 15.5. The highest BCUT2D eigenvalue weighted by atomic mass is 19.1. The summed E-state index contributed by atoms with van der Waals surface area (Å²) in [5, 5.41) is 11.6. The van der Waals surface area contributed by atoms with Crippen LogP contribution in [0.1, 0.15) is 28.8 Å². The fraction of sp³-hybridized carbons (Fsp3) is 0.438. The maximum absolute atomic E-state index is 13.2. The fourth-order valence-electron chi connectivity index (χ4n) is 2.25. The molecule has 1 aliphatic heterocycles. The van der Waals surface area contributed by atoms with Gasteiger partial charge in [-0.2, -0.15) is 0 Å². The highest BCUT2D eigenvalue weighted by Crippen LogP contribution is 2.14. The molecule has 1 unspecified atom stereocenters. The number of nitrogens with one attached hydrogen (secondary N) is 1. The Labute approximate surface area is 123 Å². The molecule has 1 fully saturated rings. The van der Waals surface area contributed by atoms with Crippen molar-refractivity contribution >= 4 is 5.91 Å². The van der Waals surface area contributed by atoms with Crippen LogP contribution in [0.25, 0.3) is 0 Å². The fourth-order valence-corrected chi connectivity index (χ4v) is 2.25. The van der Waals surface area contributed by atoms with Gasteiger partial charge in [0.25, 0.3) is 5.91 Å². The largest absolute Gasteiger partial charge is 0.384 e. The van der Waals surface area contributed by atoms with E-state index in [1.165, 1.54) is 18.2 Å². The molecule has 0 saturated carbocycles. The van der Waals surface area contributed by atoms with Gasteiger partial charge in [0.15, 0.2) is 0 Å². The Bertz CT molecular complexity index is 556. The maximum atomic E-state index is 13.2. The Morgan fingerprint density at radius 1 is 1.52 bits per heavy atom. The first-order valence-electron chi connectivity index (χ1n) is 6.96. The summed E-state index contributed by atoms with van der Waals surface area (Å²) in [6.45, 7) is 1.63. The van der Waals surface area contributed by atoms with Gasteiger partial charge in [-0.15, -0.1) is 0 Å². The normalized spacial score (nSPS) is 17.7. The van der Waals surface area contributed by atoms with Crippen LogP contribution in [0.4, 0.5) is 4.39 Å². The minimum absolute atomic E-state index is 0.279. The van der Waals surface area contributed by atoms with Crippen LogP contribution in [0, 0.1) is 23.6 Å². The van der Waals surface area contributed by atoms with Crippen molar-refractivity contribution in [3.8, 4) is 11.8 Å². The zero-order valence-corrected chi connectivity index (χ0v) is 11.7. The molecule has 0 spiro atoms. The molecular formula is C16H18FNO3. The standard InChI is InChI=1S/C16H18FNO3/c17-14-5-6-15(13(9-14)4-1-7-19)16(20)18-10-12-3-2-8-21-11-12/h5-6,9,12,19H,2-3,7-8,10-11H2,(H,18,20). The number of aliphatic hydroxyl groups excluding tert-OH is 1. The lowest BCUT2D eigenvalue weighted by Gasteiger charge is -2.22. The molecule has 1 saturated heterocycles. The van der Waals surface area contributed by atoms with E-state index < -0.39 is 5.82 Å². The Morgan fingerprint density at radius 2 is 2.38 bits per heavy atom. The average molecular weight is 291 g/mol. The predicted molar refractivity (Wildman–Crippen MR) is 76.2 cm³/mol. The summed E-state index contributed by atoms with van der Waals surface area (Å²) in [6.07, 6.45) is 2.03. The number of hydrogen-bond acceptors (Lipinski definition) is 3. The molecule has 0 bridgehead atoms. The number of benzene rings is 1. The molecule has 4 nitrogen and oxygen atoms in total. The SMILES string of the molecule is O=C(NCC1CCCOC1)c1ccc(F)cc1C#CCO. The smallest absolute Gasteiger partial charge is 0.252 e. The first-order valence-corrected chi connectivity index (χ1v) is 6.96. The molecule has 1 aliphatic rings. The minimum atomic E-state index is -0.463. The van der Waals surface area contributed by atoms with Crippen molar-refractivity contribution in [2.24, 2.45) is 5.92 Å². The summed E-state index contributed by atoms with van der Waals surface area (Å²) in [7, 11) is 0. The number of aliphatic hydroxyl groups is 1. The van der Waals surface area contributed by atoms with Crippen LogP contribution in [-0.4, -0.2) is 37.4 Å². The van der Waals surface area contributed by atoms with Gasteiger partial charge in [-0.3, -0.25) is 4.79 Å². The van der Waals surface area contributed by atoms with Gasteiger partial charge in [0.1, 0.15) is 12.4 Å². The van der Waals surface area contributed by atoms with Crippen LogP contribution in [0.2, 0.25) is 0 Å². The molecule has 0 aromatic heterocycles. The summed E-state index contributed by atoms with van der Waals surface area (Å²) in [5.74, 6) is 4.59. The summed E-state index contributed by atoms with van der Waals surface area (Å²) in [4.78, 5) is 12.2. The molecule has 2 rings (SSSR count). The van der Waals surface area contributed by atoms with Crippen molar-refractivity contribution < 1.29 is 19.0 Å². The quantitative estimate of drug-likeness (QED) is 0.826.